The summed E-state index contributed by atoms with van der Waals surface area (Å²) in [6, 6.07) is 19.4. The smallest absolute Gasteiger partial charge is 0.261 e. The minimum Gasteiger partial charge on any atom is -0.347 e. The highest BCUT2D eigenvalue weighted by Gasteiger charge is 2.29. The van der Waals surface area contributed by atoms with Crippen molar-refractivity contribution in [2.24, 2.45) is 5.92 Å². The molecule has 1 aliphatic rings. The molecule has 2 aromatic carbocycles. The van der Waals surface area contributed by atoms with Gasteiger partial charge in [-0.05, 0) is 55.7 Å². The second-order valence-electron chi connectivity index (χ2n) is 7.81. The topological polar surface area (TPSA) is 76.0 Å². The summed E-state index contributed by atoms with van der Waals surface area (Å²) in [5.41, 5.74) is 3.58. The summed E-state index contributed by atoms with van der Waals surface area (Å²) in [7, 11) is 0. The number of fused-ring (bicyclic) bond motifs is 1. The van der Waals surface area contributed by atoms with E-state index in [0.717, 1.165) is 45.7 Å². The molecule has 5 rings (SSSR count). The van der Waals surface area contributed by atoms with Gasteiger partial charge < -0.3 is 10.6 Å². The molecule has 1 aliphatic carbocycles. The molecule has 1 fully saturated rings. The number of thiophene rings is 1. The van der Waals surface area contributed by atoms with E-state index >= 15 is 0 Å². The lowest BCUT2D eigenvalue weighted by Gasteiger charge is -2.08. The number of para-hydroxylation sites is 1. The first-order valence-corrected chi connectivity index (χ1v) is 11.1. The van der Waals surface area contributed by atoms with Crippen molar-refractivity contribution in [1.82, 2.24) is 15.1 Å². The van der Waals surface area contributed by atoms with E-state index in [2.05, 4.69) is 15.7 Å². The number of nitrogens with one attached hydrogen (secondary N) is 2. The maximum atomic E-state index is 12.8. The Morgan fingerprint density at radius 1 is 1.10 bits per heavy atom. The number of rotatable bonds is 6. The Bertz CT molecular complexity index is 1270. The van der Waals surface area contributed by atoms with Gasteiger partial charge in [0.05, 0.1) is 16.3 Å². The largest absolute Gasteiger partial charge is 0.347 e. The van der Waals surface area contributed by atoms with Crippen LogP contribution in [-0.2, 0) is 11.3 Å². The van der Waals surface area contributed by atoms with Gasteiger partial charge in [0.1, 0.15) is 4.83 Å². The average molecular weight is 431 g/mol. The summed E-state index contributed by atoms with van der Waals surface area (Å²) in [6.07, 6.45) is 1.94. The molecule has 2 amide bonds. The molecule has 1 saturated carbocycles. The van der Waals surface area contributed by atoms with Gasteiger partial charge in [0.15, 0.2) is 0 Å². The maximum Gasteiger partial charge on any atom is 0.261 e. The summed E-state index contributed by atoms with van der Waals surface area (Å²) in [5, 5.41) is 11.6. The van der Waals surface area contributed by atoms with E-state index in [1.54, 1.807) is 0 Å². The van der Waals surface area contributed by atoms with Crippen molar-refractivity contribution in [3.63, 3.8) is 0 Å². The van der Waals surface area contributed by atoms with Crippen LogP contribution < -0.4 is 10.6 Å². The molecule has 156 valence electrons. The van der Waals surface area contributed by atoms with E-state index in [1.807, 2.05) is 72.3 Å². The number of benzene rings is 2. The molecular formula is C24H22N4O2S. The Balaban J connectivity index is 1.30. The summed E-state index contributed by atoms with van der Waals surface area (Å²) >= 11 is 1.44. The average Bonchev–Trinajstić information content (AvgIpc) is 3.47. The fourth-order valence-corrected chi connectivity index (χ4v) is 4.62. The molecule has 4 aromatic rings. The van der Waals surface area contributed by atoms with E-state index in [-0.39, 0.29) is 17.7 Å². The first-order chi connectivity index (χ1) is 15.1. The Labute approximate surface area is 183 Å². The van der Waals surface area contributed by atoms with Crippen LogP contribution in [0.1, 0.15) is 33.8 Å². The van der Waals surface area contributed by atoms with Gasteiger partial charge in [-0.15, -0.1) is 11.3 Å². The molecule has 0 aliphatic heterocycles. The highest BCUT2D eigenvalue weighted by atomic mass is 32.1. The third-order valence-corrected chi connectivity index (χ3v) is 6.47. The van der Waals surface area contributed by atoms with E-state index < -0.39 is 0 Å². The van der Waals surface area contributed by atoms with Crippen molar-refractivity contribution in [2.75, 3.05) is 5.32 Å². The van der Waals surface area contributed by atoms with Crippen LogP contribution in [0, 0.1) is 12.8 Å². The fraction of sp³-hybridized carbons (Fsp3) is 0.208. The molecule has 0 bridgehead atoms. The predicted octanol–water partition coefficient (Wildman–Crippen LogP) is 4.67. The molecule has 2 heterocycles. The summed E-state index contributed by atoms with van der Waals surface area (Å²) in [4.78, 5) is 26.4. The molecular weight excluding hydrogens is 408 g/mol. The lowest BCUT2D eigenvalue weighted by atomic mass is 10.2. The number of amides is 2. The van der Waals surface area contributed by atoms with Gasteiger partial charge in [-0.3, -0.25) is 9.59 Å². The van der Waals surface area contributed by atoms with Crippen LogP contribution in [0.15, 0.2) is 60.7 Å². The maximum absolute atomic E-state index is 12.8. The van der Waals surface area contributed by atoms with Crippen molar-refractivity contribution < 1.29 is 9.59 Å². The number of aryl methyl sites for hydroxylation is 1. The third-order valence-electron chi connectivity index (χ3n) is 5.36. The number of aromatic nitrogens is 2. The summed E-state index contributed by atoms with van der Waals surface area (Å²) in [5.74, 6) is 0.119. The molecule has 2 N–H and O–H groups in total. The van der Waals surface area contributed by atoms with Gasteiger partial charge in [0.2, 0.25) is 5.91 Å². The standard InChI is InChI=1S/C24H22N4O2S/c1-15-20-13-21(31-24(20)28(27-15)19-8-3-2-4-9-19)23(30)25-14-16-6-5-7-18(12-16)26-22(29)17-10-11-17/h2-9,12-13,17H,10-11,14H2,1H3,(H,25,30)(H,26,29). The molecule has 7 heteroatoms. The number of carbonyl (C=O) groups is 2. The quantitative estimate of drug-likeness (QED) is 0.467. The van der Waals surface area contributed by atoms with Crippen LogP contribution in [0.2, 0.25) is 0 Å². The van der Waals surface area contributed by atoms with Gasteiger partial charge in [0.25, 0.3) is 5.91 Å². The van der Waals surface area contributed by atoms with Crippen molar-refractivity contribution in [3.05, 3.63) is 76.8 Å². The van der Waals surface area contributed by atoms with E-state index in [1.165, 1.54) is 11.3 Å². The zero-order valence-electron chi connectivity index (χ0n) is 17.1. The van der Waals surface area contributed by atoms with E-state index in [4.69, 9.17) is 0 Å². The van der Waals surface area contributed by atoms with Gasteiger partial charge >= 0.3 is 0 Å². The minimum atomic E-state index is -0.118. The van der Waals surface area contributed by atoms with Crippen LogP contribution in [0.5, 0.6) is 0 Å². The molecule has 2 aromatic heterocycles. The van der Waals surface area contributed by atoms with Crippen LogP contribution in [0.25, 0.3) is 15.9 Å². The third kappa shape index (κ3) is 4.09. The Hall–Kier alpha value is -3.45. The van der Waals surface area contributed by atoms with Gasteiger partial charge in [-0.2, -0.15) is 5.10 Å². The van der Waals surface area contributed by atoms with Gasteiger partial charge in [-0.25, -0.2) is 4.68 Å². The molecule has 0 saturated heterocycles. The second kappa shape index (κ2) is 8.00. The first-order valence-electron chi connectivity index (χ1n) is 10.3. The lowest BCUT2D eigenvalue weighted by molar-refractivity contribution is -0.117. The normalized spacial score (nSPS) is 13.3. The van der Waals surface area contributed by atoms with Crippen molar-refractivity contribution >= 4 is 39.1 Å². The molecule has 31 heavy (non-hydrogen) atoms. The summed E-state index contributed by atoms with van der Waals surface area (Å²) < 4.78 is 1.89. The number of nitrogens with zero attached hydrogens (tertiary/aromatic N) is 2. The first kappa shape index (κ1) is 19.5. The molecule has 6 nitrogen and oxygen atoms in total. The summed E-state index contributed by atoms with van der Waals surface area (Å²) in [6.45, 7) is 2.35. The van der Waals surface area contributed by atoms with Crippen LogP contribution in [0.4, 0.5) is 5.69 Å². The van der Waals surface area contributed by atoms with Gasteiger partial charge in [0, 0.05) is 23.5 Å². The minimum absolute atomic E-state index is 0.0780. The van der Waals surface area contributed by atoms with Crippen LogP contribution in [-0.4, -0.2) is 21.6 Å². The van der Waals surface area contributed by atoms with Crippen molar-refractivity contribution in [1.29, 1.82) is 0 Å². The zero-order chi connectivity index (χ0) is 21.4. The van der Waals surface area contributed by atoms with E-state index in [9.17, 15) is 9.59 Å². The SMILES string of the molecule is Cc1nn(-c2ccccc2)c2sc(C(=O)NCc3cccc(NC(=O)C4CC4)c3)cc12. The highest BCUT2D eigenvalue weighted by Crippen LogP contribution is 2.31. The molecule has 0 spiro atoms. The lowest BCUT2D eigenvalue weighted by Crippen LogP contribution is -2.22. The van der Waals surface area contributed by atoms with Crippen molar-refractivity contribution in [3.8, 4) is 5.69 Å². The van der Waals surface area contributed by atoms with Crippen molar-refractivity contribution in [2.45, 2.75) is 26.3 Å². The monoisotopic (exact) mass is 430 g/mol. The predicted molar refractivity (Wildman–Crippen MR) is 123 cm³/mol. The van der Waals surface area contributed by atoms with Gasteiger partial charge in [-0.1, -0.05) is 30.3 Å². The number of hydrogen-bond donors (Lipinski definition) is 2. The Morgan fingerprint density at radius 3 is 2.68 bits per heavy atom. The Morgan fingerprint density at radius 2 is 1.90 bits per heavy atom. The van der Waals surface area contributed by atoms with Crippen LogP contribution in [0.3, 0.4) is 0 Å². The second-order valence-corrected chi connectivity index (χ2v) is 8.84. The zero-order valence-corrected chi connectivity index (χ0v) is 17.9. The fourth-order valence-electron chi connectivity index (χ4n) is 3.52. The van der Waals surface area contributed by atoms with E-state index in [0.29, 0.717) is 11.4 Å². The van der Waals surface area contributed by atoms with Crippen LogP contribution >= 0.6 is 11.3 Å². The molecule has 0 unspecified atom stereocenters. The molecule has 0 radical (unpaired) electrons. The number of anilines is 1. The number of hydrogen-bond acceptors (Lipinski definition) is 4. The highest BCUT2D eigenvalue weighted by molar-refractivity contribution is 7.20. The number of carbonyl (C=O) groups excluding carboxylic acids is 2. The molecule has 0 atom stereocenters. The Kier molecular flexibility index (Phi) is 5.03.